The molecule has 1 aromatic heterocycles. The van der Waals surface area contributed by atoms with E-state index in [0.29, 0.717) is 16.4 Å². The molecule has 0 aliphatic heterocycles. The van der Waals surface area contributed by atoms with Gasteiger partial charge in [0.2, 0.25) is 0 Å². The van der Waals surface area contributed by atoms with E-state index in [9.17, 15) is 19.7 Å². The first-order valence-electron chi connectivity index (χ1n) is 8.80. The number of ketones is 1. The van der Waals surface area contributed by atoms with Crippen LogP contribution < -0.4 is 15.4 Å². The lowest BCUT2D eigenvalue weighted by Gasteiger charge is -2.06. The summed E-state index contributed by atoms with van der Waals surface area (Å²) in [7, 11) is 1.31. The molecule has 0 spiro atoms. The Kier molecular flexibility index (Phi) is 6.38. The summed E-state index contributed by atoms with van der Waals surface area (Å²) in [5.74, 6) is -0.381. The molecule has 30 heavy (non-hydrogen) atoms. The first-order valence-corrected chi connectivity index (χ1v) is 9.68. The van der Waals surface area contributed by atoms with Crippen LogP contribution in [0.1, 0.15) is 33.3 Å². The van der Waals surface area contributed by atoms with Crippen molar-refractivity contribution in [3.05, 3.63) is 74.8 Å². The summed E-state index contributed by atoms with van der Waals surface area (Å²) in [6.45, 7) is 1.70. The van der Waals surface area contributed by atoms with Crippen LogP contribution in [0.25, 0.3) is 0 Å². The van der Waals surface area contributed by atoms with Gasteiger partial charge in [0.05, 0.1) is 24.3 Å². The molecule has 2 aromatic carbocycles. The van der Waals surface area contributed by atoms with Crippen LogP contribution in [0, 0.1) is 10.1 Å². The van der Waals surface area contributed by atoms with Crippen LogP contribution in [0.3, 0.4) is 0 Å². The minimum atomic E-state index is -0.571. The van der Waals surface area contributed by atoms with Gasteiger partial charge < -0.3 is 15.4 Å². The number of hydrogen-bond acceptors (Lipinski definition) is 8. The van der Waals surface area contributed by atoms with Crippen LogP contribution in [0.4, 0.5) is 16.5 Å². The van der Waals surface area contributed by atoms with Gasteiger partial charge in [0.1, 0.15) is 0 Å². The topological polar surface area (TPSA) is 123 Å². The van der Waals surface area contributed by atoms with Crippen molar-refractivity contribution in [2.24, 2.45) is 0 Å². The average molecular weight is 426 g/mol. The summed E-state index contributed by atoms with van der Waals surface area (Å²) in [4.78, 5) is 38.5. The molecule has 0 saturated heterocycles. The standard InChI is InChI=1S/C20H18N4O5S/c1-12(25)13-3-6-15(7-4-13)22-20-23-16(11-30-20)10-21-19(26)14-5-8-17(24(27)28)18(9-14)29-2/h3-9,11H,10H2,1-2H3,(H,21,26)(H,22,23). The summed E-state index contributed by atoms with van der Waals surface area (Å²) in [6, 6.07) is 11.0. The Morgan fingerprint density at radius 2 is 1.87 bits per heavy atom. The van der Waals surface area contributed by atoms with Crippen LogP contribution >= 0.6 is 11.3 Å². The van der Waals surface area contributed by atoms with Gasteiger partial charge in [-0.1, -0.05) is 0 Å². The highest BCUT2D eigenvalue weighted by molar-refractivity contribution is 7.13. The number of rotatable bonds is 8. The molecule has 1 heterocycles. The van der Waals surface area contributed by atoms with Crippen molar-refractivity contribution in [3.63, 3.8) is 0 Å². The molecule has 0 bridgehead atoms. The van der Waals surface area contributed by atoms with E-state index < -0.39 is 10.8 Å². The molecule has 10 heteroatoms. The van der Waals surface area contributed by atoms with E-state index in [2.05, 4.69) is 15.6 Å². The van der Waals surface area contributed by atoms with Gasteiger partial charge in [0, 0.05) is 34.3 Å². The first kappa shape index (κ1) is 20.9. The minimum absolute atomic E-state index is 0.000493. The normalized spacial score (nSPS) is 10.3. The number of nitro benzene ring substituents is 1. The quantitative estimate of drug-likeness (QED) is 0.318. The smallest absolute Gasteiger partial charge is 0.310 e. The molecule has 0 aliphatic carbocycles. The van der Waals surface area contributed by atoms with Gasteiger partial charge in [-0.15, -0.1) is 11.3 Å². The number of carbonyl (C=O) groups is 2. The Balaban J connectivity index is 1.60. The summed E-state index contributed by atoms with van der Waals surface area (Å²) >= 11 is 1.38. The van der Waals surface area contributed by atoms with Crippen molar-refractivity contribution >= 4 is 39.5 Å². The Labute approximate surface area is 175 Å². The van der Waals surface area contributed by atoms with E-state index in [1.807, 2.05) is 5.38 Å². The summed E-state index contributed by atoms with van der Waals surface area (Å²) < 4.78 is 4.98. The third kappa shape index (κ3) is 4.97. The number of carbonyl (C=O) groups excluding carboxylic acids is 2. The van der Waals surface area contributed by atoms with Gasteiger partial charge in [-0.25, -0.2) is 4.98 Å². The highest BCUT2D eigenvalue weighted by Gasteiger charge is 2.17. The fourth-order valence-electron chi connectivity index (χ4n) is 2.60. The van der Waals surface area contributed by atoms with Crippen molar-refractivity contribution in [1.29, 1.82) is 0 Å². The molecule has 3 rings (SSSR count). The summed E-state index contributed by atoms with van der Waals surface area (Å²) in [6.07, 6.45) is 0. The number of thiazole rings is 1. The molecule has 0 unspecified atom stereocenters. The fourth-order valence-corrected chi connectivity index (χ4v) is 3.33. The number of amides is 1. The van der Waals surface area contributed by atoms with Crippen LogP contribution in [0.2, 0.25) is 0 Å². The monoisotopic (exact) mass is 426 g/mol. The molecule has 0 radical (unpaired) electrons. The maximum Gasteiger partial charge on any atom is 0.310 e. The summed E-state index contributed by atoms with van der Waals surface area (Å²) in [5, 5.41) is 19.3. The molecule has 3 aromatic rings. The van der Waals surface area contributed by atoms with E-state index in [1.54, 1.807) is 24.3 Å². The molecule has 0 fully saturated rings. The van der Waals surface area contributed by atoms with E-state index in [1.165, 1.54) is 43.6 Å². The second-order valence-electron chi connectivity index (χ2n) is 6.23. The third-order valence-corrected chi connectivity index (χ3v) is 4.97. The summed E-state index contributed by atoms with van der Waals surface area (Å²) in [5.41, 5.74) is 2.12. The van der Waals surface area contributed by atoms with Crippen LogP contribution in [-0.2, 0) is 6.54 Å². The number of methoxy groups -OCH3 is 1. The van der Waals surface area contributed by atoms with Crippen molar-refractivity contribution in [2.45, 2.75) is 13.5 Å². The van der Waals surface area contributed by atoms with E-state index in [-0.39, 0.29) is 29.3 Å². The van der Waals surface area contributed by atoms with Crippen LogP contribution in [0.15, 0.2) is 47.8 Å². The predicted octanol–water partition coefficient (Wildman–Crippen LogP) is 3.94. The van der Waals surface area contributed by atoms with Gasteiger partial charge in [0.25, 0.3) is 5.91 Å². The van der Waals surface area contributed by atoms with Crippen LogP contribution in [-0.4, -0.2) is 28.7 Å². The van der Waals surface area contributed by atoms with E-state index >= 15 is 0 Å². The number of anilines is 2. The second-order valence-corrected chi connectivity index (χ2v) is 7.09. The van der Waals surface area contributed by atoms with Crippen molar-refractivity contribution in [1.82, 2.24) is 10.3 Å². The second kappa shape index (κ2) is 9.14. The zero-order chi connectivity index (χ0) is 21.7. The number of nitrogens with zero attached hydrogens (tertiary/aromatic N) is 2. The van der Waals surface area contributed by atoms with Gasteiger partial charge in [-0.3, -0.25) is 19.7 Å². The minimum Gasteiger partial charge on any atom is -0.490 e. The number of hydrogen-bond donors (Lipinski definition) is 2. The van der Waals surface area contributed by atoms with Crippen molar-refractivity contribution < 1.29 is 19.2 Å². The molecule has 0 saturated carbocycles. The molecular weight excluding hydrogens is 408 g/mol. The number of nitrogens with one attached hydrogen (secondary N) is 2. The first-order chi connectivity index (χ1) is 14.4. The average Bonchev–Trinajstić information content (AvgIpc) is 3.19. The molecule has 1 amide bonds. The Morgan fingerprint density at radius 1 is 1.17 bits per heavy atom. The highest BCUT2D eigenvalue weighted by atomic mass is 32.1. The Hall–Kier alpha value is -3.79. The maximum atomic E-state index is 12.3. The van der Waals surface area contributed by atoms with Gasteiger partial charge in [-0.05, 0) is 37.3 Å². The van der Waals surface area contributed by atoms with E-state index in [4.69, 9.17) is 4.74 Å². The number of aromatic nitrogens is 1. The Morgan fingerprint density at radius 3 is 2.50 bits per heavy atom. The zero-order valence-electron chi connectivity index (χ0n) is 16.2. The molecule has 0 atom stereocenters. The van der Waals surface area contributed by atoms with E-state index in [0.717, 1.165) is 5.69 Å². The number of ether oxygens (including phenoxy) is 1. The number of Topliss-reactive ketones (excluding diaryl/α,β-unsaturated/α-hetero) is 1. The Bertz CT molecular complexity index is 1090. The van der Waals surface area contributed by atoms with Gasteiger partial charge >= 0.3 is 5.69 Å². The number of nitro groups is 1. The molecule has 2 N–H and O–H groups in total. The molecular formula is C20H18N4O5S. The SMILES string of the molecule is COc1cc(C(=O)NCc2csc(Nc3ccc(C(C)=O)cc3)n2)ccc1[N+](=O)[O-]. The zero-order valence-corrected chi connectivity index (χ0v) is 17.0. The maximum absolute atomic E-state index is 12.3. The molecule has 9 nitrogen and oxygen atoms in total. The molecule has 154 valence electrons. The predicted molar refractivity (Wildman–Crippen MR) is 113 cm³/mol. The lowest BCUT2D eigenvalue weighted by molar-refractivity contribution is -0.385. The highest BCUT2D eigenvalue weighted by Crippen LogP contribution is 2.27. The lowest BCUT2D eigenvalue weighted by Crippen LogP contribution is -2.23. The van der Waals surface area contributed by atoms with Gasteiger partial charge in [0.15, 0.2) is 16.7 Å². The van der Waals surface area contributed by atoms with Crippen molar-refractivity contribution in [3.8, 4) is 5.75 Å². The van der Waals surface area contributed by atoms with Crippen molar-refractivity contribution in [2.75, 3.05) is 12.4 Å². The lowest BCUT2D eigenvalue weighted by atomic mass is 10.1. The fraction of sp³-hybridized carbons (Fsp3) is 0.150. The van der Waals surface area contributed by atoms with Crippen LogP contribution in [0.5, 0.6) is 5.75 Å². The molecule has 0 aliphatic rings. The largest absolute Gasteiger partial charge is 0.490 e. The van der Waals surface area contributed by atoms with Gasteiger partial charge in [-0.2, -0.15) is 0 Å². The third-order valence-electron chi connectivity index (χ3n) is 4.16. The number of benzene rings is 2.